The molecule has 0 atom stereocenters. The number of rotatable bonds is 1. The van der Waals surface area contributed by atoms with Crippen LogP contribution >= 0.6 is 0 Å². The van der Waals surface area contributed by atoms with Crippen molar-refractivity contribution in [2.24, 2.45) is 5.14 Å². The van der Waals surface area contributed by atoms with Crippen molar-refractivity contribution in [2.45, 2.75) is 4.90 Å². The van der Waals surface area contributed by atoms with E-state index in [0.29, 0.717) is 0 Å². The van der Waals surface area contributed by atoms with Gasteiger partial charge in [-0.05, 0) is 18.6 Å². The van der Waals surface area contributed by atoms with Crippen molar-refractivity contribution in [3.63, 3.8) is 0 Å². The molecule has 61 valence electrons. The molecule has 1 aromatic carbocycles. The molecule has 0 spiro atoms. The van der Waals surface area contributed by atoms with Crippen LogP contribution in [0.4, 0.5) is 0 Å². The molecule has 1 aromatic rings. The zero-order chi connectivity index (χ0) is 9.19. The molecule has 0 bridgehead atoms. The second-order valence-corrected chi connectivity index (χ2v) is 3.70. The molecular weight excluding hydrogens is 174 g/mol. The highest BCUT2D eigenvalue weighted by Gasteiger charge is 2.10. The molecule has 3 nitrogen and oxygen atoms in total. The molecule has 12 heavy (non-hydrogen) atoms. The van der Waals surface area contributed by atoms with E-state index in [1.54, 1.807) is 12.1 Å². The summed E-state index contributed by atoms with van der Waals surface area (Å²) in [7, 11) is -3.73. The Hall–Kier alpha value is -1.31. The van der Waals surface area contributed by atoms with Gasteiger partial charge in [-0.1, -0.05) is 18.1 Å². The molecule has 0 aliphatic heterocycles. The van der Waals surface area contributed by atoms with Crippen LogP contribution in [0.15, 0.2) is 29.2 Å². The standard InChI is InChI=1S/C8H6NO2S/c1-2-7-5-3-4-6-8(7)12(9,10)11/h3-6H,(H2,9,10,11). The molecule has 4 heteroatoms. The smallest absolute Gasteiger partial charge is 0.225 e. The van der Waals surface area contributed by atoms with Crippen molar-refractivity contribution < 1.29 is 8.42 Å². The van der Waals surface area contributed by atoms with E-state index in [-0.39, 0.29) is 10.5 Å². The van der Waals surface area contributed by atoms with Crippen LogP contribution in [0.25, 0.3) is 0 Å². The number of primary sulfonamides is 1. The first kappa shape index (κ1) is 8.78. The molecular formula is C8H6NO2S. The van der Waals surface area contributed by atoms with E-state index in [1.807, 2.05) is 5.92 Å². The summed E-state index contributed by atoms with van der Waals surface area (Å²) in [6.45, 7) is 0. The topological polar surface area (TPSA) is 60.2 Å². The number of benzene rings is 1. The Morgan fingerprint density at radius 1 is 1.33 bits per heavy atom. The average molecular weight is 180 g/mol. The van der Waals surface area contributed by atoms with Gasteiger partial charge in [0.25, 0.3) is 0 Å². The van der Waals surface area contributed by atoms with Gasteiger partial charge in [-0.2, -0.15) is 0 Å². The summed E-state index contributed by atoms with van der Waals surface area (Å²) in [4.78, 5) is -0.0694. The first-order valence-electron chi connectivity index (χ1n) is 3.10. The maximum Gasteiger partial charge on any atom is 0.239 e. The highest BCUT2D eigenvalue weighted by molar-refractivity contribution is 7.89. The fourth-order valence-electron chi connectivity index (χ4n) is 0.818. The van der Waals surface area contributed by atoms with Gasteiger partial charge in [0.1, 0.15) is 0 Å². The highest BCUT2D eigenvalue weighted by Crippen LogP contribution is 2.11. The van der Waals surface area contributed by atoms with Crippen LogP contribution in [-0.2, 0) is 10.0 Å². The third-order valence-electron chi connectivity index (χ3n) is 1.33. The Kier molecular flexibility index (Phi) is 2.18. The predicted octanol–water partition coefficient (Wildman–Crippen LogP) is 0.272. The van der Waals surface area contributed by atoms with Gasteiger partial charge in [-0.3, -0.25) is 0 Å². The predicted molar refractivity (Wildman–Crippen MR) is 44.0 cm³/mol. The number of sulfonamides is 1. The minimum Gasteiger partial charge on any atom is -0.225 e. The minimum absolute atomic E-state index is 0.0694. The lowest BCUT2D eigenvalue weighted by molar-refractivity contribution is 0.597. The van der Waals surface area contributed by atoms with E-state index in [4.69, 9.17) is 11.6 Å². The first-order valence-corrected chi connectivity index (χ1v) is 4.65. The number of hydrogen-bond acceptors (Lipinski definition) is 2. The van der Waals surface area contributed by atoms with Gasteiger partial charge >= 0.3 is 0 Å². The van der Waals surface area contributed by atoms with E-state index in [9.17, 15) is 8.42 Å². The van der Waals surface area contributed by atoms with E-state index >= 15 is 0 Å². The van der Waals surface area contributed by atoms with E-state index < -0.39 is 10.0 Å². The number of hydrogen-bond donors (Lipinski definition) is 1. The highest BCUT2D eigenvalue weighted by atomic mass is 32.2. The van der Waals surface area contributed by atoms with Crippen molar-refractivity contribution >= 4 is 10.0 Å². The Morgan fingerprint density at radius 3 is 2.33 bits per heavy atom. The molecule has 0 amide bonds. The van der Waals surface area contributed by atoms with Crippen molar-refractivity contribution in [3.05, 3.63) is 36.3 Å². The van der Waals surface area contributed by atoms with E-state index in [0.717, 1.165) is 0 Å². The summed E-state index contributed by atoms with van der Waals surface area (Å²) in [6.07, 6.45) is 6.79. The van der Waals surface area contributed by atoms with Crippen LogP contribution in [0.1, 0.15) is 5.56 Å². The summed E-state index contributed by atoms with van der Waals surface area (Å²) < 4.78 is 21.7. The zero-order valence-corrected chi connectivity index (χ0v) is 6.93. The van der Waals surface area contributed by atoms with Crippen molar-refractivity contribution in [1.29, 1.82) is 0 Å². The summed E-state index contributed by atoms with van der Waals surface area (Å²) in [5, 5.41) is 4.88. The second kappa shape index (κ2) is 2.97. The fraction of sp³-hybridized carbons (Fsp3) is 0. The third kappa shape index (κ3) is 1.64. The fourth-order valence-corrected chi connectivity index (χ4v) is 1.51. The molecule has 0 aliphatic carbocycles. The Balaban J connectivity index is 3.47. The van der Waals surface area contributed by atoms with Crippen LogP contribution in [-0.4, -0.2) is 8.42 Å². The van der Waals surface area contributed by atoms with Gasteiger partial charge in [0.05, 0.1) is 4.90 Å². The van der Waals surface area contributed by atoms with E-state index in [2.05, 4.69) is 0 Å². The van der Waals surface area contributed by atoms with Gasteiger partial charge in [0, 0.05) is 5.56 Å². The molecule has 0 fully saturated rings. The molecule has 0 saturated carbocycles. The summed E-state index contributed by atoms with van der Waals surface area (Å²) in [5.74, 6) is 1.99. The lowest BCUT2D eigenvalue weighted by Crippen LogP contribution is -2.13. The monoisotopic (exact) mass is 180 g/mol. The Morgan fingerprint density at radius 2 is 1.92 bits per heavy atom. The third-order valence-corrected chi connectivity index (χ3v) is 2.30. The summed E-state index contributed by atoms with van der Waals surface area (Å²) in [5.41, 5.74) is 0.181. The molecule has 0 unspecified atom stereocenters. The molecule has 0 saturated heterocycles. The summed E-state index contributed by atoms with van der Waals surface area (Å²) in [6, 6.07) is 5.96. The minimum atomic E-state index is -3.73. The lowest BCUT2D eigenvalue weighted by atomic mass is 10.2. The lowest BCUT2D eigenvalue weighted by Gasteiger charge is -1.99. The van der Waals surface area contributed by atoms with Crippen LogP contribution in [0.2, 0.25) is 0 Å². The molecule has 0 aromatic heterocycles. The van der Waals surface area contributed by atoms with Gasteiger partial charge in [0.2, 0.25) is 10.0 Å². The van der Waals surface area contributed by atoms with Gasteiger partial charge in [-0.15, -0.1) is 0 Å². The second-order valence-electron chi connectivity index (χ2n) is 2.17. The zero-order valence-electron chi connectivity index (χ0n) is 6.11. The van der Waals surface area contributed by atoms with Gasteiger partial charge in [0.15, 0.2) is 0 Å². The van der Waals surface area contributed by atoms with Crippen molar-refractivity contribution in [2.75, 3.05) is 0 Å². The Labute approximate surface area is 71.3 Å². The van der Waals surface area contributed by atoms with Crippen LogP contribution in [0.5, 0.6) is 0 Å². The van der Waals surface area contributed by atoms with Crippen molar-refractivity contribution in [1.82, 2.24) is 0 Å². The van der Waals surface area contributed by atoms with Gasteiger partial charge in [-0.25, -0.2) is 13.6 Å². The molecule has 1 rings (SSSR count). The molecule has 2 N–H and O–H groups in total. The van der Waals surface area contributed by atoms with Crippen LogP contribution in [0.3, 0.4) is 0 Å². The van der Waals surface area contributed by atoms with Crippen LogP contribution < -0.4 is 5.14 Å². The molecule has 1 radical (unpaired) electrons. The maximum absolute atomic E-state index is 10.9. The first-order chi connectivity index (χ1) is 5.55. The largest absolute Gasteiger partial charge is 0.239 e. The number of nitrogens with two attached hydrogens (primary N) is 1. The molecule has 0 heterocycles. The van der Waals surface area contributed by atoms with Gasteiger partial charge < -0.3 is 0 Å². The molecule has 0 aliphatic rings. The quantitative estimate of drug-likeness (QED) is 0.631. The summed E-state index contributed by atoms with van der Waals surface area (Å²) >= 11 is 0. The maximum atomic E-state index is 10.9. The SMILES string of the molecule is [C]#Cc1ccccc1S(N)(=O)=O. The normalized spacial score (nSPS) is 10.7. The van der Waals surface area contributed by atoms with Crippen molar-refractivity contribution in [3.8, 4) is 5.92 Å². The van der Waals surface area contributed by atoms with Crippen LogP contribution in [0, 0.1) is 12.3 Å². The average Bonchev–Trinajstić information content (AvgIpc) is 2.03. The Bertz CT molecular complexity index is 429. The van der Waals surface area contributed by atoms with E-state index in [1.165, 1.54) is 12.1 Å².